The van der Waals surface area contributed by atoms with Gasteiger partial charge in [0.1, 0.15) is 5.76 Å². The number of nitrogens with two attached hydrogens (primary N) is 1. The van der Waals surface area contributed by atoms with Crippen molar-refractivity contribution >= 4 is 28.3 Å². The molecule has 162 valence electrons. The van der Waals surface area contributed by atoms with E-state index in [-0.39, 0.29) is 30.8 Å². The number of carbonyl (C=O) groups is 2. The topological polar surface area (TPSA) is 94.3 Å². The number of allylic oxidation sites excluding steroid dienone is 3. The van der Waals surface area contributed by atoms with Gasteiger partial charge in [-0.2, -0.15) is 0 Å². The maximum Gasteiger partial charge on any atom is 0.315 e. The number of nitrogens with one attached hydrogen (secondary N) is 1. The van der Waals surface area contributed by atoms with E-state index in [0.29, 0.717) is 12.2 Å². The second-order valence-corrected chi connectivity index (χ2v) is 7.77. The number of rotatable bonds is 7. The van der Waals surface area contributed by atoms with E-state index >= 15 is 0 Å². The van der Waals surface area contributed by atoms with Crippen molar-refractivity contribution in [1.82, 2.24) is 4.98 Å². The van der Waals surface area contributed by atoms with Crippen LogP contribution in [0.25, 0.3) is 10.8 Å². The number of carbonyl (C=O) groups excluding carboxylic acids is 2. The van der Waals surface area contributed by atoms with Crippen LogP contribution in [0.4, 0.5) is 5.69 Å². The van der Waals surface area contributed by atoms with Gasteiger partial charge in [0.2, 0.25) is 5.91 Å². The van der Waals surface area contributed by atoms with Gasteiger partial charge in [-0.1, -0.05) is 42.5 Å². The molecule has 2 atom stereocenters. The van der Waals surface area contributed by atoms with Crippen LogP contribution in [0.1, 0.15) is 12.0 Å². The van der Waals surface area contributed by atoms with E-state index in [9.17, 15) is 9.59 Å². The highest BCUT2D eigenvalue weighted by Gasteiger charge is 2.27. The zero-order valence-corrected chi connectivity index (χ0v) is 17.6. The van der Waals surface area contributed by atoms with Gasteiger partial charge in [-0.15, -0.1) is 0 Å². The van der Waals surface area contributed by atoms with E-state index in [0.717, 1.165) is 22.0 Å². The fourth-order valence-electron chi connectivity index (χ4n) is 3.79. The van der Waals surface area contributed by atoms with Crippen molar-refractivity contribution < 1.29 is 14.3 Å². The van der Waals surface area contributed by atoms with E-state index in [4.69, 9.17) is 10.5 Å². The molecule has 0 saturated heterocycles. The Morgan fingerprint density at radius 2 is 1.97 bits per heavy atom. The van der Waals surface area contributed by atoms with Gasteiger partial charge in [-0.05, 0) is 53.6 Å². The Kier molecular flexibility index (Phi) is 6.72. The third kappa shape index (κ3) is 5.28. The smallest absolute Gasteiger partial charge is 0.315 e. The van der Waals surface area contributed by atoms with Crippen LogP contribution in [0.15, 0.2) is 91.0 Å². The van der Waals surface area contributed by atoms with Crippen LogP contribution in [-0.2, 0) is 20.7 Å². The Morgan fingerprint density at radius 1 is 1.12 bits per heavy atom. The summed E-state index contributed by atoms with van der Waals surface area (Å²) in [5.41, 5.74) is 7.56. The average Bonchev–Trinajstić information content (AvgIpc) is 2.81. The number of hydrogen-bond acceptors (Lipinski definition) is 5. The molecule has 3 aromatic rings. The molecule has 0 radical (unpaired) electrons. The van der Waals surface area contributed by atoms with E-state index in [1.807, 2.05) is 66.7 Å². The average molecular weight is 428 g/mol. The van der Waals surface area contributed by atoms with Gasteiger partial charge in [-0.25, -0.2) is 0 Å². The zero-order chi connectivity index (χ0) is 22.3. The molecular weight excluding hydrogens is 402 g/mol. The number of aromatic nitrogens is 1. The number of amides is 1. The van der Waals surface area contributed by atoms with Crippen LogP contribution in [0.2, 0.25) is 0 Å². The maximum absolute atomic E-state index is 12.9. The molecule has 0 aliphatic heterocycles. The summed E-state index contributed by atoms with van der Waals surface area (Å²) in [7, 11) is 0. The molecule has 6 heteroatoms. The molecule has 6 nitrogen and oxygen atoms in total. The zero-order valence-electron chi connectivity index (χ0n) is 17.6. The van der Waals surface area contributed by atoms with Crippen LogP contribution < -0.4 is 11.1 Å². The van der Waals surface area contributed by atoms with Crippen molar-refractivity contribution in [3.63, 3.8) is 0 Å². The van der Waals surface area contributed by atoms with Crippen molar-refractivity contribution in [2.75, 3.05) is 11.9 Å². The molecule has 1 unspecified atom stereocenters. The molecule has 1 aliphatic carbocycles. The molecule has 32 heavy (non-hydrogen) atoms. The fourth-order valence-corrected chi connectivity index (χ4v) is 3.79. The summed E-state index contributed by atoms with van der Waals surface area (Å²) >= 11 is 0. The molecule has 3 N–H and O–H groups in total. The second kappa shape index (κ2) is 10.0. The highest BCUT2D eigenvalue weighted by Crippen LogP contribution is 2.26. The van der Waals surface area contributed by atoms with Gasteiger partial charge in [0.15, 0.2) is 0 Å². The lowest BCUT2D eigenvalue weighted by Gasteiger charge is -2.24. The summed E-state index contributed by atoms with van der Waals surface area (Å²) in [6.45, 7) is 0.218. The van der Waals surface area contributed by atoms with Gasteiger partial charge in [-0.3, -0.25) is 14.6 Å². The maximum atomic E-state index is 12.9. The molecule has 0 bridgehead atoms. The first-order valence-corrected chi connectivity index (χ1v) is 10.6. The lowest BCUT2D eigenvalue weighted by Crippen LogP contribution is -2.35. The molecule has 0 spiro atoms. The number of anilines is 1. The van der Waals surface area contributed by atoms with Gasteiger partial charge in [0.25, 0.3) is 0 Å². The molecule has 1 aliphatic rings. The Morgan fingerprint density at radius 3 is 2.72 bits per heavy atom. The minimum atomic E-state index is -0.391. The minimum absolute atomic E-state index is 0.0683. The molecular formula is C26H25N3O3. The number of benzene rings is 2. The van der Waals surface area contributed by atoms with Crippen molar-refractivity contribution in [2.24, 2.45) is 17.6 Å². The minimum Gasteiger partial charge on any atom is -0.427 e. The second-order valence-electron chi connectivity index (χ2n) is 7.77. The van der Waals surface area contributed by atoms with Crippen molar-refractivity contribution in [1.29, 1.82) is 0 Å². The van der Waals surface area contributed by atoms with Crippen molar-refractivity contribution in [2.45, 2.75) is 12.8 Å². The first kappa shape index (κ1) is 21.5. The normalized spacial score (nSPS) is 16.3. The molecule has 0 saturated carbocycles. The number of hydrogen-bond donors (Lipinski definition) is 2. The molecule has 1 heterocycles. The SMILES string of the molecule is NC[C@H](C(=O)Nc1ccc2cnccc2c1)C1C=CC(OC(=O)Cc2ccccc2)=CC1. The summed E-state index contributed by atoms with van der Waals surface area (Å²) in [6, 6.07) is 17.1. The summed E-state index contributed by atoms with van der Waals surface area (Å²) in [5.74, 6) is -0.404. The van der Waals surface area contributed by atoms with Gasteiger partial charge >= 0.3 is 5.97 Å². The number of ether oxygens (including phenoxy) is 1. The highest BCUT2D eigenvalue weighted by atomic mass is 16.5. The molecule has 4 rings (SSSR count). The predicted molar refractivity (Wildman–Crippen MR) is 124 cm³/mol. The summed E-state index contributed by atoms with van der Waals surface area (Å²) in [5, 5.41) is 4.99. The van der Waals surface area contributed by atoms with E-state index in [2.05, 4.69) is 10.3 Å². The Hall–Kier alpha value is -3.77. The van der Waals surface area contributed by atoms with Crippen LogP contribution in [0.5, 0.6) is 0 Å². The van der Waals surface area contributed by atoms with Crippen LogP contribution in [0, 0.1) is 11.8 Å². The number of pyridine rings is 1. The largest absolute Gasteiger partial charge is 0.427 e. The predicted octanol–water partition coefficient (Wildman–Crippen LogP) is 3.99. The molecule has 2 aromatic carbocycles. The number of fused-ring (bicyclic) bond motifs is 1. The fraction of sp³-hybridized carbons (Fsp3) is 0.192. The van der Waals surface area contributed by atoms with E-state index in [1.54, 1.807) is 18.5 Å². The molecule has 1 aromatic heterocycles. The quantitative estimate of drug-likeness (QED) is 0.556. The molecule has 1 amide bonds. The molecule has 0 fully saturated rings. The van der Waals surface area contributed by atoms with Crippen LogP contribution >= 0.6 is 0 Å². The van der Waals surface area contributed by atoms with Gasteiger partial charge in [0, 0.05) is 30.0 Å². The lowest BCUT2D eigenvalue weighted by atomic mass is 9.86. The first-order chi connectivity index (χ1) is 15.6. The van der Waals surface area contributed by atoms with Crippen molar-refractivity contribution in [3.8, 4) is 0 Å². The third-order valence-electron chi connectivity index (χ3n) is 5.54. The summed E-state index contributed by atoms with van der Waals surface area (Å²) in [4.78, 5) is 29.2. The number of nitrogens with zero attached hydrogens (tertiary/aromatic N) is 1. The lowest BCUT2D eigenvalue weighted by molar-refractivity contribution is -0.138. The van der Waals surface area contributed by atoms with Gasteiger partial charge < -0.3 is 15.8 Å². The Bertz CT molecular complexity index is 1170. The highest BCUT2D eigenvalue weighted by molar-refractivity contribution is 5.95. The Balaban J connectivity index is 1.34. The monoisotopic (exact) mass is 427 g/mol. The van der Waals surface area contributed by atoms with Crippen molar-refractivity contribution in [3.05, 3.63) is 96.5 Å². The summed E-state index contributed by atoms with van der Waals surface area (Å²) in [6.07, 6.45) is 9.78. The third-order valence-corrected chi connectivity index (χ3v) is 5.54. The van der Waals surface area contributed by atoms with E-state index in [1.165, 1.54) is 0 Å². The van der Waals surface area contributed by atoms with E-state index < -0.39 is 5.92 Å². The number of esters is 1. The summed E-state index contributed by atoms with van der Waals surface area (Å²) < 4.78 is 5.45. The Labute approximate surface area is 186 Å². The van der Waals surface area contributed by atoms with Crippen LogP contribution in [-0.4, -0.2) is 23.4 Å². The van der Waals surface area contributed by atoms with Crippen LogP contribution in [0.3, 0.4) is 0 Å². The first-order valence-electron chi connectivity index (χ1n) is 10.6. The van der Waals surface area contributed by atoms with Gasteiger partial charge in [0.05, 0.1) is 12.3 Å². The standard InChI is InChI=1S/C26H25N3O3/c27-16-24(26(31)29-22-9-6-21-17-28-13-12-20(21)15-22)19-7-10-23(11-8-19)32-25(30)14-18-4-2-1-3-5-18/h1-7,9-13,15,17,19,24H,8,14,16,27H2,(H,29,31)/t19?,24-/m0/s1.